The SMILES string of the molecule is CS(=O)(=O)c1cc(C(F)(F)F)ccc1C(=O)C1=CNOC1(C1CC1)C1CC1.CS(=O)(=O)c1cc(Cl)ccc1C(=O)c1cnoc1C1CC1. The number of aromatic nitrogens is 1. The fraction of sp³-hybridized carbons (Fsp3) is 0.406. The second-order valence-corrected chi connectivity index (χ2v) is 17.0. The number of rotatable bonds is 9. The van der Waals surface area contributed by atoms with Crippen LogP contribution < -0.4 is 5.48 Å². The van der Waals surface area contributed by atoms with Gasteiger partial charge in [-0.3, -0.25) is 19.9 Å². The van der Waals surface area contributed by atoms with Gasteiger partial charge in [-0.1, -0.05) is 16.8 Å². The molecule has 1 N–H and O–H groups in total. The molecule has 3 aliphatic carbocycles. The third kappa shape index (κ3) is 6.69. The second-order valence-electron chi connectivity index (χ2n) is 12.5. The highest BCUT2D eigenvalue weighted by molar-refractivity contribution is 7.91. The standard InChI is InChI=1S/C18H18F3NO4S.C14H12ClNO4S/c1-27(24,25)15-8-12(18(19,20)21)6-7-13(15)16(23)14-9-22-26-17(14,10-2-3-10)11-4-5-11;1-21(18,19)12-6-9(15)4-5-10(12)13(17)11-7-16-20-14(11)8-2-3-8/h6-11,22H,2-5H2,1H3;4-8H,2-3H2,1H3. The van der Waals surface area contributed by atoms with Crippen molar-refractivity contribution in [3.8, 4) is 0 Å². The molecule has 0 atom stereocenters. The first-order valence-corrected chi connectivity index (χ1v) is 19.2. The Morgan fingerprint density at radius 2 is 1.42 bits per heavy atom. The van der Waals surface area contributed by atoms with Gasteiger partial charge < -0.3 is 4.52 Å². The lowest BCUT2D eigenvalue weighted by molar-refractivity contribution is -0.137. The summed E-state index contributed by atoms with van der Waals surface area (Å²) < 4.78 is 92.2. The maximum atomic E-state index is 13.2. The first-order valence-electron chi connectivity index (χ1n) is 15.0. The van der Waals surface area contributed by atoms with Crippen LogP contribution in [0.15, 0.2) is 68.7 Å². The number of benzene rings is 2. The number of carbonyl (C=O) groups excluding carboxylic acids is 2. The maximum absolute atomic E-state index is 13.2. The molecule has 1 aliphatic heterocycles. The summed E-state index contributed by atoms with van der Waals surface area (Å²) in [5.74, 6) is 0.0516. The molecule has 0 spiro atoms. The van der Waals surface area contributed by atoms with Crippen molar-refractivity contribution in [3.63, 3.8) is 0 Å². The van der Waals surface area contributed by atoms with E-state index in [0.717, 1.165) is 63.2 Å². The van der Waals surface area contributed by atoms with E-state index in [-0.39, 0.29) is 38.8 Å². The van der Waals surface area contributed by atoms with Gasteiger partial charge in [0, 0.05) is 40.8 Å². The molecular weight excluding hydrogens is 697 g/mol. The van der Waals surface area contributed by atoms with E-state index in [1.165, 1.54) is 30.6 Å². The van der Waals surface area contributed by atoms with Crippen LogP contribution in [0.25, 0.3) is 0 Å². The monoisotopic (exact) mass is 726 g/mol. The molecule has 2 aromatic carbocycles. The lowest BCUT2D eigenvalue weighted by Gasteiger charge is -2.30. The Morgan fingerprint density at radius 3 is 1.96 bits per heavy atom. The maximum Gasteiger partial charge on any atom is 0.416 e. The van der Waals surface area contributed by atoms with E-state index in [1.807, 2.05) is 0 Å². The van der Waals surface area contributed by atoms with Crippen LogP contribution in [-0.4, -0.2) is 51.7 Å². The van der Waals surface area contributed by atoms with E-state index in [4.69, 9.17) is 21.0 Å². The summed E-state index contributed by atoms with van der Waals surface area (Å²) in [6.45, 7) is 0. The van der Waals surface area contributed by atoms with Crippen LogP contribution in [0.4, 0.5) is 13.2 Å². The van der Waals surface area contributed by atoms with Crippen LogP contribution in [-0.2, 0) is 30.7 Å². The smallest absolute Gasteiger partial charge is 0.360 e. The fourth-order valence-corrected chi connectivity index (χ4v) is 8.13. The average molecular weight is 727 g/mol. The lowest BCUT2D eigenvalue weighted by Crippen LogP contribution is -2.41. The molecule has 16 heteroatoms. The first-order chi connectivity index (χ1) is 22.4. The third-order valence-corrected chi connectivity index (χ3v) is 11.3. The van der Waals surface area contributed by atoms with E-state index in [9.17, 15) is 39.6 Å². The number of Topliss-reactive ketones (excluding diaryl/α,β-unsaturated/α-hetero) is 1. The minimum absolute atomic E-state index is 0.0806. The van der Waals surface area contributed by atoms with Crippen molar-refractivity contribution in [2.45, 2.75) is 66.0 Å². The summed E-state index contributed by atoms with van der Waals surface area (Å²) in [5, 5.41) is 3.93. The molecule has 4 aliphatic rings. The van der Waals surface area contributed by atoms with Gasteiger partial charge in [0.2, 0.25) is 0 Å². The number of alkyl halides is 3. The Bertz CT molecular complexity index is 2050. The quantitative estimate of drug-likeness (QED) is 0.256. The van der Waals surface area contributed by atoms with Crippen molar-refractivity contribution in [1.29, 1.82) is 0 Å². The number of carbonyl (C=O) groups is 2. The molecule has 0 saturated heterocycles. The third-order valence-electron chi connectivity index (χ3n) is 8.80. The largest absolute Gasteiger partial charge is 0.416 e. The molecule has 1 aromatic heterocycles. The summed E-state index contributed by atoms with van der Waals surface area (Å²) in [4.78, 5) is 30.9. The van der Waals surface area contributed by atoms with Crippen LogP contribution in [0.3, 0.4) is 0 Å². The number of hydroxylamine groups is 1. The van der Waals surface area contributed by atoms with Gasteiger partial charge in [-0.15, -0.1) is 0 Å². The highest BCUT2D eigenvalue weighted by atomic mass is 35.5. The molecule has 0 unspecified atom stereocenters. The van der Waals surface area contributed by atoms with Gasteiger partial charge in [-0.05, 0) is 86.8 Å². The van der Waals surface area contributed by atoms with Crippen molar-refractivity contribution in [3.05, 3.63) is 87.4 Å². The second kappa shape index (κ2) is 12.1. The number of nitrogens with zero attached hydrogens (tertiary/aromatic N) is 1. The van der Waals surface area contributed by atoms with E-state index < -0.39 is 53.5 Å². The molecule has 3 fully saturated rings. The van der Waals surface area contributed by atoms with E-state index in [0.29, 0.717) is 23.0 Å². The first kappa shape index (κ1) is 34.3. The zero-order valence-electron chi connectivity index (χ0n) is 25.6. The van der Waals surface area contributed by atoms with Gasteiger partial charge in [0.25, 0.3) is 0 Å². The highest BCUT2D eigenvalue weighted by Gasteiger charge is 2.61. The van der Waals surface area contributed by atoms with Gasteiger partial charge >= 0.3 is 6.18 Å². The summed E-state index contributed by atoms with van der Waals surface area (Å²) >= 11 is 5.84. The molecule has 10 nitrogen and oxygen atoms in total. The number of sulfone groups is 2. The minimum atomic E-state index is -4.70. The number of hydrogen-bond acceptors (Lipinski definition) is 10. The Labute approximate surface area is 279 Å². The molecule has 3 aromatic rings. The van der Waals surface area contributed by atoms with Crippen LogP contribution in [0.1, 0.15) is 82.0 Å². The van der Waals surface area contributed by atoms with Gasteiger partial charge in [-0.2, -0.15) is 13.2 Å². The average Bonchev–Trinajstić information content (AvgIpc) is 3.92. The Hall–Kier alpha value is -3.53. The minimum Gasteiger partial charge on any atom is -0.360 e. The summed E-state index contributed by atoms with van der Waals surface area (Å²) in [6, 6.07) is 6.42. The molecule has 0 radical (unpaired) electrons. The van der Waals surface area contributed by atoms with E-state index in [1.54, 1.807) is 0 Å². The number of nitrogens with one attached hydrogen (secondary N) is 1. The molecule has 256 valence electrons. The molecule has 3 saturated carbocycles. The van der Waals surface area contributed by atoms with Crippen molar-refractivity contribution < 1.29 is 49.0 Å². The van der Waals surface area contributed by atoms with Gasteiger partial charge in [0.15, 0.2) is 37.0 Å². The molecule has 48 heavy (non-hydrogen) atoms. The highest BCUT2D eigenvalue weighted by Crippen LogP contribution is 2.59. The number of halogens is 4. The van der Waals surface area contributed by atoms with Crippen molar-refractivity contribution in [2.24, 2.45) is 11.8 Å². The predicted octanol–water partition coefficient (Wildman–Crippen LogP) is 6.11. The van der Waals surface area contributed by atoms with Crippen LogP contribution in [0.5, 0.6) is 0 Å². The Morgan fingerprint density at radius 1 is 0.854 bits per heavy atom. The van der Waals surface area contributed by atoms with Crippen molar-refractivity contribution in [2.75, 3.05) is 12.5 Å². The lowest BCUT2D eigenvalue weighted by atomic mass is 9.80. The summed E-state index contributed by atoms with van der Waals surface area (Å²) in [6.07, 6.45) is 5.40. The predicted molar refractivity (Wildman–Crippen MR) is 166 cm³/mol. The summed E-state index contributed by atoms with van der Waals surface area (Å²) in [7, 11) is -7.61. The normalized spacial score (nSPS) is 19.2. The molecule has 7 rings (SSSR count). The Balaban J connectivity index is 0.000000173. The molecule has 0 bridgehead atoms. The number of hydrogen-bond donors (Lipinski definition) is 1. The van der Waals surface area contributed by atoms with Gasteiger partial charge in [0.1, 0.15) is 5.60 Å². The molecular formula is C32H30ClF3N2O8S2. The molecule has 0 amide bonds. The van der Waals surface area contributed by atoms with Crippen LogP contribution in [0, 0.1) is 11.8 Å². The summed E-state index contributed by atoms with van der Waals surface area (Å²) in [5.41, 5.74) is 1.18. The fourth-order valence-electron chi connectivity index (χ4n) is 6.09. The van der Waals surface area contributed by atoms with Crippen LogP contribution >= 0.6 is 11.6 Å². The van der Waals surface area contributed by atoms with Crippen molar-refractivity contribution >= 4 is 42.8 Å². The van der Waals surface area contributed by atoms with Gasteiger partial charge in [-0.25, -0.2) is 16.8 Å². The van der Waals surface area contributed by atoms with E-state index in [2.05, 4.69) is 10.6 Å². The van der Waals surface area contributed by atoms with Gasteiger partial charge in [0.05, 0.1) is 32.7 Å². The van der Waals surface area contributed by atoms with Crippen molar-refractivity contribution in [1.82, 2.24) is 10.6 Å². The molecule has 2 heterocycles. The van der Waals surface area contributed by atoms with Crippen LogP contribution in [0.2, 0.25) is 5.02 Å². The zero-order chi connectivity index (χ0) is 34.8. The topological polar surface area (TPSA) is 150 Å². The van der Waals surface area contributed by atoms with E-state index >= 15 is 0 Å². The zero-order valence-corrected chi connectivity index (χ0v) is 28.0. The Kier molecular flexibility index (Phi) is 8.66. The number of ketones is 2.